The Morgan fingerprint density at radius 1 is 1.09 bits per heavy atom. The SMILES string of the molecule is COCCN(CCCc1ccccc1)C(=O)C1CCN(c2ccc3nnc(C(F)(F)F)n3n2)CC1. The average molecular weight is 491 g/mol. The Bertz CT molecular complexity index is 1110. The monoisotopic (exact) mass is 490 g/mol. The van der Waals surface area contributed by atoms with Crippen molar-refractivity contribution in [1.29, 1.82) is 0 Å². The first-order valence-electron chi connectivity index (χ1n) is 11.7. The number of piperidine rings is 1. The van der Waals surface area contributed by atoms with Gasteiger partial charge in [0, 0.05) is 39.2 Å². The summed E-state index contributed by atoms with van der Waals surface area (Å²) >= 11 is 0. The Kier molecular flexibility index (Phi) is 7.84. The van der Waals surface area contributed by atoms with Crippen molar-refractivity contribution in [3.8, 4) is 0 Å². The van der Waals surface area contributed by atoms with Crippen molar-refractivity contribution in [3.63, 3.8) is 0 Å². The molecule has 188 valence electrons. The highest BCUT2D eigenvalue weighted by molar-refractivity contribution is 5.79. The van der Waals surface area contributed by atoms with Crippen LogP contribution in [0.5, 0.6) is 0 Å². The van der Waals surface area contributed by atoms with Crippen molar-refractivity contribution in [1.82, 2.24) is 24.7 Å². The van der Waals surface area contributed by atoms with Crippen LogP contribution in [0.1, 0.15) is 30.7 Å². The van der Waals surface area contributed by atoms with E-state index in [-0.39, 0.29) is 17.5 Å². The van der Waals surface area contributed by atoms with Gasteiger partial charge in [-0.2, -0.15) is 17.7 Å². The highest BCUT2D eigenvalue weighted by Crippen LogP contribution is 2.29. The van der Waals surface area contributed by atoms with E-state index in [9.17, 15) is 18.0 Å². The number of aromatic nitrogens is 4. The number of amides is 1. The third-order valence-corrected chi connectivity index (χ3v) is 6.28. The molecule has 0 aliphatic carbocycles. The Morgan fingerprint density at radius 3 is 2.51 bits per heavy atom. The van der Waals surface area contributed by atoms with E-state index in [0.717, 1.165) is 17.4 Å². The summed E-state index contributed by atoms with van der Waals surface area (Å²) in [6, 6.07) is 13.3. The molecule has 3 heterocycles. The molecule has 2 aromatic heterocycles. The zero-order valence-corrected chi connectivity index (χ0v) is 19.6. The van der Waals surface area contributed by atoms with Gasteiger partial charge in [0.05, 0.1) is 6.61 Å². The molecule has 1 aromatic carbocycles. The van der Waals surface area contributed by atoms with Gasteiger partial charge in [-0.3, -0.25) is 4.79 Å². The van der Waals surface area contributed by atoms with Crippen molar-refractivity contribution in [2.75, 3.05) is 44.8 Å². The number of methoxy groups -OCH3 is 1. The lowest BCUT2D eigenvalue weighted by Crippen LogP contribution is -2.44. The predicted molar refractivity (Wildman–Crippen MR) is 124 cm³/mol. The standard InChI is InChI=1S/C24H29F3N6O2/c1-35-17-16-32(13-5-8-18-6-3-2-4-7-18)22(34)19-11-14-31(15-12-19)21-10-9-20-28-29-23(24(25,26)27)33(20)30-21/h2-4,6-7,9-10,19H,5,8,11-17H2,1H3. The Balaban J connectivity index is 1.36. The minimum atomic E-state index is -4.64. The predicted octanol–water partition coefficient (Wildman–Crippen LogP) is 3.47. The van der Waals surface area contributed by atoms with Gasteiger partial charge in [0.1, 0.15) is 5.82 Å². The minimum Gasteiger partial charge on any atom is -0.383 e. The van der Waals surface area contributed by atoms with E-state index in [1.807, 2.05) is 28.0 Å². The molecule has 1 saturated heterocycles. The van der Waals surface area contributed by atoms with Gasteiger partial charge >= 0.3 is 6.18 Å². The van der Waals surface area contributed by atoms with E-state index in [0.29, 0.717) is 51.4 Å². The molecular formula is C24H29F3N6O2. The molecule has 0 N–H and O–H groups in total. The topological polar surface area (TPSA) is 75.9 Å². The molecule has 0 saturated carbocycles. The Morgan fingerprint density at radius 2 is 1.83 bits per heavy atom. The molecule has 1 aliphatic rings. The average Bonchev–Trinajstić information content (AvgIpc) is 3.30. The maximum Gasteiger partial charge on any atom is 0.453 e. The van der Waals surface area contributed by atoms with Gasteiger partial charge in [-0.15, -0.1) is 15.3 Å². The molecule has 1 amide bonds. The second kappa shape index (κ2) is 11.0. The molecule has 0 spiro atoms. The number of hydrogen-bond donors (Lipinski definition) is 0. The molecule has 1 aliphatic heterocycles. The van der Waals surface area contributed by atoms with Crippen molar-refractivity contribution >= 4 is 17.4 Å². The van der Waals surface area contributed by atoms with Crippen LogP contribution in [0.25, 0.3) is 5.65 Å². The van der Waals surface area contributed by atoms with Crippen LogP contribution in [-0.2, 0) is 22.1 Å². The first-order valence-corrected chi connectivity index (χ1v) is 11.7. The third-order valence-electron chi connectivity index (χ3n) is 6.28. The summed E-state index contributed by atoms with van der Waals surface area (Å²) in [5.74, 6) is -0.767. The van der Waals surface area contributed by atoms with E-state index in [1.165, 1.54) is 11.6 Å². The van der Waals surface area contributed by atoms with E-state index in [4.69, 9.17) is 4.74 Å². The van der Waals surface area contributed by atoms with Gasteiger partial charge in [-0.1, -0.05) is 30.3 Å². The quantitative estimate of drug-likeness (QED) is 0.457. The number of carbonyl (C=O) groups excluding carboxylic acids is 1. The number of ether oxygens (including phenoxy) is 1. The van der Waals surface area contributed by atoms with Crippen LogP contribution < -0.4 is 4.90 Å². The number of benzene rings is 1. The Hall–Kier alpha value is -3.21. The molecule has 0 atom stereocenters. The van der Waals surface area contributed by atoms with Gasteiger partial charge < -0.3 is 14.5 Å². The van der Waals surface area contributed by atoms with Gasteiger partial charge in [-0.05, 0) is 43.4 Å². The highest BCUT2D eigenvalue weighted by Gasteiger charge is 2.38. The molecule has 11 heteroatoms. The van der Waals surface area contributed by atoms with Crippen LogP contribution >= 0.6 is 0 Å². The first kappa shape index (κ1) is 24.9. The number of anilines is 1. The van der Waals surface area contributed by atoms with Gasteiger partial charge in [0.2, 0.25) is 5.91 Å². The number of hydrogen-bond acceptors (Lipinski definition) is 6. The van der Waals surface area contributed by atoms with Gasteiger partial charge in [0.15, 0.2) is 5.65 Å². The lowest BCUT2D eigenvalue weighted by Gasteiger charge is -2.34. The van der Waals surface area contributed by atoms with E-state index < -0.39 is 12.0 Å². The summed E-state index contributed by atoms with van der Waals surface area (Å²) in [5, 5.41) is 10.9. The van der Waals surface area contributed by atoms with Crippen LogP contribution in [0.2, 0.25) is 0 Å². The number of carbonyl (C=O) groups is 1. The fourth-order valence-corrected chi connectivity index (χ4v) is 4.39. The van der Waals surface area contributed by atoms with Crippen LogP contribution in [0.4, 0.5) is 19.0 Å². The Labute approximate surface area is 201 Å². The summed E-state index contributed by atoms with van der Waals surface area (Å²) in [4.78, 5) is 17.1. The number of nitrogens with zero attached hydrogens (tertiary/aromatic N) is 6. The molecule has 8 nitrogen and oxygen atoms in total. The van der Waals surface area contributed by atoms with E-state index in [1.54, 1.807) is 13.2 Å². The summed E-state index contributed by atoms with van der Waals surface area (Å²) in [7, 11) is 1.62. The molecule has 1 fully saturated rings. The van der Waals surface area contributed by atoms with Crippen LogP contribution in [-0.4, -0.2) is 70.5 Å². The summed E-state index contributed by atoms with van der Waals surface area (Å²) in [6.07, 6.45) is -1.67. The molecule has 4 rings (SSSR count). The maximum absolute atomic E-state index is 13.3. The molecule has 0 bridgehead atoms. The summed E-state index contributed by atoms with van der Waals surface area (Å²) in [6.45, 7) is 2.72. The zero-order chi connectivity index (χ0) is 24.8. The lowest BCUT2D eigenvalue weighted by molar-refractivity contribution is -0.146. The maximum atomic E-state index is 13.3. The van der Waals surface area contributed by atoms with Crippen molar-refractivity contribution in [2.24, 2.45) is 5.92 Å². The van der Waals surface area contributed by atoms with E-state index in [2.05, 4.69) is 27.4 Å². The van der Waals surface area contributed by atoms with Crippen molar-refractivity contribution in [2.45, 2.75) is 31.9 Å². The smallest absolute Gasteiger partial charge is 0.383 e. The van der Waals surface area contributed by atoms with Crippen LogP contribution in [0.15, 0.2) is 42.5 Å². The second-order valence-corrected chi connectivity index (χ2v) is 8.65. The van der Waals surface area contributed by atoms with Gasteiger partial charge in [-0.25, -0.2) is 0 Å². The van der Waals surface area contributed by atoms with Crippen molar-refractivity contribution in [3.05, 3.63) is 53.9 Å². The fraction of sp³-hybridized carbons (Fsp3) is 0.500. The highest BCUT2D eigenvalue weighted by atomic mass is 19.4. The summed E-state index contributed by atoms with van der Waals surface area (Å²) < 4.78 is 45.5. The molecule has 0 radical (unpaired) electrons. The van der Waals surface area contributed by atoms with Crippen LogP contribution in [0, 0.1) is 5.92 Å². The molecule has 35 heavy (non-hydrogen) atoms. The molecule has 3 aromatic rings. The van der Waals surface area contributed by atoms with E-state index >= 15 is 0 Å². The molecular weight excluding hydrogens is 461 g/mol. The summed E-state index contributed by atoms with van der Waals surface area (Å²) in [5.41, 5.74) is 1.28. The number of halogens is 3. The number of rotatable bonds is 9. The van der Waals surface area contributed by atoms with Crippen molar-refractivity contribution < 1.29 is 22.7 Å². The fourth-order valence-electron chi connectivity index (χ4n) is 4.39. The number of aryl methyl sites for hydroxylation is 1. The normalized spacial score (nSPS) is 15.0. The largest absolute Gasteiger partial charge is 0.453 e. The van der Waals surface area contributed by atoms with Crippen LogP contribution in [0.3, 0.4) is 0 Å². The second-order valence-electron chi connectivity index (χ2n) is 8.65. The lowest BCUT2D eigenvalue weighted by atomic mass is 9.95. The minimum absolute atomic E-state index is 0.0374. The van der Waals surface area contributed by atoms with Gasteiger partial charge in [0.25, 0.3) is 5.82 Å². The third kappa shape index (κ3) is 6.08. The first-order chi connectivity index (χ1) is 16.9. The number of fused-ring (bicyclic) bond motifs is 1. The molecule has 0 unspecified atom stereocenters. The number of alkyl halides is 3. The zero-order valence-electron chi connectivity index (χ0n) is 19.6.